The van der Waals surface area contributed by atoms with E-state index in [1.807, 2.05) is 0 Å². The Morgan fingerprint density at radius 3 is 2.82 bits per heavy atom. The lowest BCUT2D eigenvalue weighted by Gasteiger charge is -2.34. The van der Waals surface area contributed by atoms with Gasteiger partial charge < -0.3 is 0 Å². The first-order valence-electron chi connectivity index (χ1n) is 5.92. The Morgan fingerprint density at radius 2 is 2.24 bits per heavy atom. The predicted octanol–water partition coefficient (Wildman–Crippen LogP) is 1.45. The van der Waals surface area contributed by atoms with Crippen LogP contribution in [-0.2, 0) is 4.79 Å². The van der Waals surface area contributed by atoms with Crippen molar-refractivity contribution in [2.24, 2.45) is 11.8 Å². The molecule has 0 saturated carbocycles. The standard InChI is InChI=1S/C11H18N4OS/c1-8-3-9(2)5-15(4-8)6-10(16)13-11-14-12-7-17-11/h7-9H,3-6H2,1-2H3,(H,13,14,16). The van der Waals surface area contributed by atoms with Crippen molar-refractivity contribution in [2.75, 3.05) is 25.0 Å². The third-order valence-electron chi connectivity index (χ3n) is 2.92. The fraction of sp³-hybridized carbons (Fsp3) is 0.727. The van der Waals surface area contributed by atoms with Crippen molar-refractivity contribution in [3.63, 3.8) is 0 Å². The van der Waals surface area contributed by atoms with Gasteiger partial charge in [-0.1, -0.05) is 25.2 Å². The third-order valence-corrected chi connectivity index (χ3v) is 3.52. The average Bonchev–Trinajstić information content (AvgIpc) is 2.67. The van der Waals surface area contributed by atoms with Crippen molar-refractivity contribution in [3.8, 4) is 0 Å². The minimum absolute atomic E-state index is 0.00282. The first-order chi connectivity index (χ1) is 8.13. The van der Waals surface area contributed by atoms with Gasteiger partial charge in [-0.2, -0.15) is 0 Å². The fourth-order valence-corrected chi connectivity index (χ4v) is 2.97. The summed E-state index contributed by atoms with van der Waals surface area (Å²) in [7, 11) is 0. The van der Waals surface area contributed by atoms with Crippen LogP contribution in [0.25, 0.3) is 0 Å². The normalized spacial score (nSPS) is 25.8. The lowest BCUT2D eigenvalue weighted by Crippen LogP contribution is -2.42. The monoisotopic (exact) mass is 254 g/mol. The molecule has 2 heterocycles. The fourth-order valence-electron chi connectivity index (χ4n) is 2.51. The topological polar surface area (TPSA) is 58.1 Å². The van der Waals surface area contributed by atoms with Crippen LogP contribution in [0.15, 0.2) is 5.51 Å². The molecule has 94 valence electrons. The van der Waals surface area contributed by atoms with Crippen molar-refractivity contribution >= 4 is 22.4 Å². The number of nitrogens with one attached hydrogen (secondary N) is 1. The molecule has 0 aliphatic carbocycles. The summed E-state index contributed by atoms with van der Waals surface area (Å²) in [5.41, 5.74) is 1.61. The van der Waals surface area contributed by atoms with Crippen LogP contribution in [0.5, 0.6) is 0 Å². The molecule has 1 saturated heterocycles. The molecule has 2 rings (SSSR count). The molecular formula is C11H18N4OS. The summed E-state index contributed by atoms with van der Waals surface area (Å²) in [4.78, 5) is 14.0. The summed E-state index contributed by atoms with van der Waals surface area (Å²) in [6, 6.07) is 0. The second-order valence-electron chi connectivity index (χ2n) is 4.93. The van der Waals surface area contributed by atoms with Crippen LogP contribution in [0.1, 0.15) is 20.3 Å². The molecule has 1 fully saturated rings. The summed E-state index contributed by atoms with van der Waals surface area (Å²) in [5.74, 6) is 1.35. The highest BCUT2D eigenvalue weighted by atomic mass is 32.1. The molecule has 1 aromatic heterocycles. The average molecular weight is 254 g/mol. The van der Waals surface area contributed by atoms with E-state index in [2.05, 4.69) is 34.3 Å². The number of anilines is 1. The lowest BCUT2D eigenvalue weighted by atomic mass is 9.92. The summed E-state index contributed by atoms with van der Waals surface area (Å²) in [6.45, 7) is 6.95. The van der Waals surface area contributed by atoms with Crippen LogP contribution in [-0.4, -0.2) is 40.6 Å². The number of rotatable bonds is 3. The molecule has 1 aliphatic rings. The van der Waals surface area contributed by atoms with Gasteiger partial charge in [0.25, 0.3) is 0 Å². The molecule has 0 radical (unpaired) electrons. The molecule has 0 spiro atoms. The predicted molar refractivity (Wildman–Crippen MR) is 67.9 cm³/mol. The van der Waals surface area contributed by atoms with Crippen LogP contribution >= 0.6 is 11.3 Å². The van der Waals surface area contributed by atoms with Gasteiger partial charge in [-0.15, -0.1) is 10.2 Å². The van der Waals surface area contributed by atoms with Crippen LogP contribution in [0.4, 0.5) is 5.13 Å². The van der Waals surface area contributed by atoms with Crippen LogP contribution < -0.4 is 5.32 Å². The van der Waals surface area contributed by atoms with Crippen molar-refractivity contribution in [1.29, 1.82) is 0 Å². The van der Waals surface area contributed by atoms with E-state index < -0.39 is 0 Å². The number of aromatic nitrogens is 2. The maximum absolute atomic E-state index is 11.8. The highest BCUT2D eigenvalue weighted by molar-refractivity contribution is 7.13. The number of hydrogen-bond donors (Lipinski definition) is 1. The molecule has 2 unspecified atom stereocenters. The molecule has 1 amide bonds. The van der Waals surface area contributed by atoms with Gasteiger partial charge in [0, 0.05) is 13.1 Å². The van der Waals surface area contributed by atoms with Crippen molar-refractivity contribution < 1.29 is 4.79 Å². The Bertz CT molecular complexity index is 358. The molecule has 0 bridgehead atoms. The largest absolute Gasteiger partial charge is 0.299 e. The Balaban J connectivity index is 1.82. The van der Waals surface area contributed by atoms with E-state index in [9.17, 15) is 4.79 Å². The SMILES string of the molecule is CC1CC(C)CN(CC(=O)Nc2nncs2)C1. The molecule has 1 aliphatic heterocycles. The number of piperidine rings is 1. The van der Waals surface area contributed by atoms with E-state index in [1.54, 1.807) is 5.51 Å². The smallest absolute Gasteiger partial charge is 0.240 e. The van der Waals surface area contributed by atoms with Gasteiger partial charge in [-0.25, -0.2) is 0 Å². The summed E-state index contributed by atoms with van der Waals surface area (Å²) < 4.78 is 0. The molecule has 2 atom stereocenters. The number of hydrogen-bond acceptors (Lipinski definition) is 5. The van der Waals surface area contributed by atoms with E-state index in [1.165, 1.54) is 17.8 Å². The summed E-state index contributed by atoms with van der Waals surface area (Å²) >= 11 is 1.34. The summed E-state index contributed by atoms with van der Waals surface area (Å²) in [6.07, 6.45) is 1.26. The van der Waals surface area contributed by atoms with Gasteiger partial charge in [0.2, 0.25) is 11.0 Å². The quantitative estimate of drug-likeness (QED) is 0.887. The van der Waals surface area contributed by atoms with E-state index in [0.29, 0.717) is 23.5 Å². The Hall–Kier alpha value is -1.01. The minimum Gasteiger partial charge on any atom is -0.299 e. The van der Waals surface area contributed by atoms with Crippen molar-refractivity contribution in [2.45, 2.75) is 20.3 Å². The first-order valence-corrected chi connectivity index (χ1v) is 6.80. The zero-order chi connectivity index (χ0) is 12.3. The van der Waals surface area contributed by atoms with E-state index in [-0.39, 0.29) is 5.91 Å². The lowest BCUT2D eigenvalue weighted by molar-refractivity contribution is -0.117. The molecule has 5 nitrogen and oxygen atoms in total. The van der Waals surface area contributed by atoms with Crippen LogP contribution in [0, 0.1) is 11.8 Å². The highest BCUT2D eigenvalue weighted by Gasteiger charge is 2.23. The first kappa shape index (κ1) is 12.4. The highest BCUT2D eigenvalue weighted by Crippen LogP contribution is 2.20. The van der Waals surface area contributed by atoms with Crippen LogP contribution in [0.3, 0.4) is 0 Å². The molecular weight excluding hydrogens is 236 g/mol. The van der Waals surface area contributed by atoms with Gasteiger partial charge in [0.05, 0.1) is 6.54 Å². The minimum atomic E-state index is 0.00282. The third kappa shape index (κ3) is 3.74. The second-order valence-corrected chi connectivity index (χ2v) is 5.77. The van der Waals surface area contributed by atoms with Crippen LogP contribution in [0.2, 0.25) is 0 Å². The van der Waals surface area contributed by atoms with Gasteiger partial charge >= 0.3 is 0 Å². The number of carbonyl (C=O) groups is 1. The maximum atomic E-state index is 11.8. The van der Waals surface area contributed by atoms with Crippen molar-refractivity contribution in [1.82, 2.24) is 15.1 Å². The van der Waals surface area contributed by atoms with E-state index in [4.69, 9.17) is 0 Å². The zero-order valence-corrected chi connectivity index (χ0v) is 11.0. The summed E-state index contributed by atoms with van der Waals surface area (Å²) in [5, 5.41) is 10.8. The number of carbonyl (C=O) groups excluding carboxylic acids is 1. The molecule has 1 N–H and O–H groups in total. The van der Waals surface area contributed by atoms with Gasteiger partial charge in [-0.3, -0.25) is 15.0 Å². The molecule has 17 heavy (non-hydrogen) atoms. The number of amides is 1. The van der Waals surface area contributed by atoms with Gasteiger partial charge in [-0.05, 0) is 18.3 Å². The molecule has 1 aromatic rings. The zero-order valence-electron chi connectivity index (χ0n) is 10.2. The molecule has 6 heteroatoms. The Labute approximate surface area is 105 Å². The molecule has 0 aromatic carbocycles. The number of nitrogens with zero attached hydrogens (tertiary/aromatic N) is 3. The Morgan fingerprint density at radius 1 is 1.53 bits per heavy atom. The van der Waals surface area contributed by atoms with E-state index >= 15 is 0 Å². The second kappa shape index (κ2) is 5.55. The van der Waals surface area contributed by atoms with Crippen molar-refractivity contribution in [3.05, 3.63) is 5.51 Å². The van der Waals surface area contributed by atoms with Gasteiger partial charge in [0.1, 0.15) is 5.51 Å². The van der Waals surface area contributed by atoms with E-state index in [0.717, 1.165) is 13.1 Å². The van der Waals surface area contributed by atoms with Gasteiger partial charge in [0.15, 0.2) is 0 Å². The number of likely N-dealkylation sites (tertiary alicyclic amines) is 1. The Kier molecular flexibility index (Phi) is 4.06. The maximum Gasteiger partial charge on any atom is 0.240 e.